The number of aliphatic hydroxyl groups is 1. The highest BCUT2D eigenvalue weighted by molar-refractivity contribution is 6.46. The van der Waals surface area contributed by atoms with Crippen LogP contribution in [0.25, 0.3) is 5.76 Å². The first-order valence-electron chi connectivity index (χ1n) is 12.4. The number of aliphatic hydroxyl groups excluding tert-OH is 1. The molecule has 1 atom stereocenters. The summed E-state index contributed by atoms with van der Waals surface area (Å²) >= 11 is 0. The van der Waals surface area contributed by atoms with Gasteiger partial charge in [0.15, 0.2) is 0 Å². The van der Waals surface area contributed by atoms with E-state index < -0.39 is 17.7 Å². The monoisotopic (exact) mass is 463 g/mol. The quantitative estimate of drug-likeness (QED) is 0.190. The average molecular weight is 464 g/mol. The highest BCUT2D eigenvalue weighted by Gasteiger charge is 2.45. The van der Waals surface area contributed by atoms with E-state index in [1.165, 1.54) is 5.56 Å². The van der Waals surface area contributed by atoms with Crippen molar-refractivity contribution < 1.29 is 19.4 Å². The van der Waals surface area contributed by atoms with E-state index in [-0.39, 0.29) is 11.3 Å². The van der Waals surface area contributed by atoms with E-state index in [0.717, 1.165) is 24.8 Å². The number of Topliss-reactive ketones (excluding diaryl/α,β-unsaturated/α-hetero) is 1. The molecule has 1 unspecified atom stereocenters. The summed E-state index contributed by atoms with van der Waals surface area (Å²) in [4.78, 5) is 27.8. The molecule has 2 aromatic carbocycles. The minimum absolute atomic E-state index is 0.148. The number of amides is 1. The fourth-order valence-electron chi connectivity index (χ4n) is 4.18. The molecule has 5 heteroatoms. The fourth-order valence-corrected chi connectivity index (χ4v) is 4.18. The Balaban J connectivity index is 2.01. The van der Waals surface area contributed by atoms with Gasteiger partial charge in [-0.1, -0.05) is 71.7 Å². The minimum atomic E-state index is -0.632. The van der Waals surface area contributed by atoms with Gasteiger partial charge in [-0.2, -0.15) is 0 Å². The fraction of sp³-hybridized carbons (Fsp3) is 0.448. The van der Waals surface area contributed by atoms with Crippen LogP contribution >= 0.6 is 0 Å². The van der Waals surface area contributed by atoms with Gasteiger partial charge < -0.3 is 14.7 Å². The van der Waals surface area contributed by atoms with Gasteiger partial charge in [0.1, 0.15) is 11.5 Å². The van der Waals surface area contributed by atoms with Crippen molar-refractivity contribution in [2.24, 2.45) is 5.92 Å². The predicted molar refractivity (Wildman–Crippen MR) is 136 cm³/mol. The Kier molecular flexibility index (Phi) is 8.54. The lowest BCUT2D eigenvalue weighted by molar-refractivity contribution is -0.139. The second-order valence-electron chi connectivity index (χ2n) is 9.75. The molecule has 3 rings (SSSR count). The van der Waals surface area contributed by atoms with E-state index in [4.69, 9.17) is 4.74 Å². The predicted octanol–water partition coefficient (Wildman–Crippen LogP) is 6.46. The molecule has 0 spiro atoms. The number of ether oxygens (including phenoxy) is 1. The summed E-state index contributed by atoms with van der Waals surface area (Å²) in [6, 6.07) is 14.4. The third-order valence-corrected chi connectivity index (χ3v) is 6.17. The van der Waals surface area contributed by atoms with Crippen LogP contribution < -0.4 is 4.74 Å². The maximum absolute atomic E-state index is 13.1. The SMILES string of the molecule is CCCCCN1C(=O)C(=O)/C(=C(\O)c2ccc(OCC(C)C)cc2)C1c1ccc(C(C)C)cc1. The number of unbranched alkanes of at least 4 members (excludes halogenated alkanes) is 2. The molecule has 2 aromatic rings. The molecule has 182 valence electrons. The zero-order valence-electron chi connectivity index (χ0n) is 21.0. The molecule has 5 nitrogen and oxygen atoms in total. The zero-order valence-corrected chi connectivity index (χ0v) is 21.0. The molecular weight excluding hydrogens is 426 g/mol. The van der Waals surface area contributed by atoms with Crippen molar-refractivity contribution in [2.45, 2.75) is 65.8 Å². The molecule has 1 N–H and O–H groups in total. The third-order valence-electron chi connectivity index (χ3n) is 6.17. The first kappa shape index (κ1) is 25.5. The molecule has 0 radical (unpaired) electrons. The van der Waals surface area contributed by atoms with Crippen LogP contribution in [0.5, 0.6) is 5.75 Å². The Morgan fingerprint density at radius 2 is 1.62 bits per heavy atom. The summed E-state index contributed by atoms with van der Waals surface area (Å²) in [6.45, 7) is 11.6. The largest absolute Gasteiger partial charge is 0.507 e. The molecule has 1 aliphatic heterocycles. The van der Waals surface area contributed by atoms with Crippen molar-refractivity contribution in [1.82, 2.24) is 4.90 Å². The smallest absolute Gasteiger partial charge is 0.295 e. The number of ketones is 1. The highest BCUT2D eigenvalue weighted by atomic mass is 16.5. The molecule has 34 heavy (non-hydrogen) atoms. The Morgan fingerprint density at radius 3 is 2.18 bits per heavy atom. The summed E-state index contributed by atoms with van der Waals surface area (Å²) in [5.41, 5.74) is 2.66. The van der Waals surface area contributed by atoms with Gasteiger partial charge in [-0.15, -0.1) is 0 Å². The Labute approximate surface area is 203 Å². The first-order chi connectivity index (χ1) is 16.2. The van der Waals surface area contributed by atoms with E-state index in [0.29, 0.717) is 36.3 Å². The molecule has 1 saturated heterocycles. The number of likely N-dealkylation sites (tertiary alicyclic amines) is 1. The molecule has 1 heterocycles. The maximum Gasteiger partial charge on any atom is 0.295 e. The van der Waals surface area contributed by atoms with Crippen molar-refractivity contribution in [3.05, 3.63) is 70.8 Å². The van der Waals surface area contributed by atoms with E-state index in [2.05, 4.69) is 34.6 Å². The van der Waals surface area contributed by atoms with Crippen LogP contribution in [0, 0.1) is 5.92 Å². The second kappa shape index (κ2) is 11.4. The summed E-state index contributed by atoms with van der Waals surface area (Å²) in [7, 11) is 0. The second-order valence-corrected chi connectivity index (χ2v) is 9.75. The van der Waals surface area contributed by atoms with Gasteiger partial charge in [0.2, 0.25) is 0 Å². The van der Waals surface area contributed by atoms with Crippen LogP contribution in [0.15, 0.2) is 54.1 Å². The van der Waals surface area contributed by atoms with Crippen LogP contribution in [0.4, 0.5) is 0 Å². The lowest BCUT2D eigenvalue weighted by atomic mass is 9.93. The number of hydrogen-bond donors (Lipinski definition) is 1. The molecule has 0 bridgehead atoms. The molecule has 1 fully saturated rings. The van der Waals surface area contributed by atoms with Gasteiger partial charge in [-0.3, -0.25) is 9.59 Å². The maximum atomic E-state index is 13.1. The average Bonchev–Trinajstić information content (AvgIpc) is 3.08. The van der Waals surface area contributed by atoms with Crippen molar-refractivity contribution in [2.75, 3.05) is 13.2 Å². The molecule has 0 aliphatic carbocycles. The van der Waals surface area contributed by atoms with Crippen LogP contribution in [0.2, 0.25) is 0 Å². The number of carbonyl (C=O) groups is 2. The van der Waals surface area contributed by atoms with Crippen LogP contribution in [-0.4, -0.2) is 34.8 Å². The number of carbonyl (C=O) groups excluding carboxylic acids is 2. The van der Waals surface area contributed by atoms with E-state index in [1.807, 2.05) is 24.3 Å². The van der Waals surface area contributed by atoms with Crippen molar-refractivity contribution in [3.8, 4) is 5.75 Å². The number of rotatable bonds is 10. The highest BCUT2D eigenvalue weighted by Crippen LogP contribution is 2.40. The van der Waals surface area contributed by atoms with Crippen molar-refractivity contribution in [1.29, 1.82) is 0 Å². The molecular formula is C29H37NO4. The van der Waals surface area contributed by atoms with Crippen molar-refractivity contribution in [3.63, 3.8) is 0 Å². The summed E-state index contributed by atoms with van der Waals surface area (Å²) in [5.74, 6) is 0.149. The van der Waals surface area contributed by atoms with Gasteiger partial charge in [-0.25, -0.2) is 0 Å². The van der Waals surface area contributed by atoms with Gasteiger partial charge in [0.25, 0.3) is 11.7 Å². The van der Waals surface area contributed by atoms with Crippen molar-refractivity contribution >= 4 is 17.4 Å². The number of nitrogens with zero attached hydrogens (tertiary/aromatic N) is 1. The third kappa shape index (κ3) is 5.69. The molecule has 1 aliphatic rings. The lowest BCUT2D eigenvalue weighted by Gasteiger charge is -2.25. The van der Waals surface area contributed by atoms with E-state index in [1.54, 1.807) is 29.2 Å². The summed E-state index contributed by atoms with van der Waals surface area (Å²) in [5, 5.41) is 11.2. The standard InChI is InChI=1S/C29H37NO4/c1-6-7-8-17-30-26(22-11-9-21(10-12-22)20(4)5)25(28(32)29(30)33)27(31)23-13-15-24(16-14-23)34-18-19(2)3/h9-16,19-20,26,31H,6-8,17-18H2,1-5H3/b27-25-. The lowest BCUT2D eigenvalue weighted by Crippen LogP contribution is -2.30. The van der Waals surface area contributed by atoms with Gasteiger partial charge in [0, 0.05) is 12.1 Å². The molecule has 0 saturated carbocycles. The van der Waals surface area contributed by atoms with Crippen LogP contribution in [-0.2, 0) is 9.59 Å². The van der Waals surface area contributed by atoms with Crippen LogP contribution in [0.1, 0.15) is 82.5 Å². The Bertz CT molecular complexity index is 1020. The van der Waals surface area contributed by atoms with Crippen LogP contribution in [0.3, 0.4) is 0 Å². The normalized spacial score (nSPS) is 17.7. The number of hydrogen-bond acceptors (Lipinski definition) is 4. The summed E-state index contributed by atoms with van der Waals surface area (Å²) < 4.78 is 5.73. The molecule has 1 amide bonds. The zero-order chi connectivity index (χ0) is 24.8. The van der Waals surface area contributed by atoms with E-state index >= 15 is 0 Å². The Morgan fingerprint density at radius 1 is 0.971 bits per heavy atom. The minimum Gasteiger partial charge on any atom is -0.507 e. The van der Waals surface area contributed by atoms with Gasteiger partial charge in [-0.05, 0) is 53.6 Å². The van der Waals surface area contributed by atoms with E-state index in [9.17, 15) is 14.7 Å². The number of benzene rings is 2. The molecule has 0 aromatic heterocycles. The first-order valence-corrected chi connectivity index (χ1v) is 12.4. The topological polar surface area (TPSA) is 66.8 Å². The summed E-state index contributed by atoms with van der Waals surface area (Å²) in [6.07, 6.45) is 2.80. The Hall–Kier alpha value is -3.08. The van der Waals surface area contributed by atoms with Gasteiger partial charge in [0.05, 0.1) is 18.2 Å². The van der Waals surface area contributed by atoms with Gasteiger partial charge >= 0.3 is 0 Å².